The molecule has 24 heavy (non-hydrogen) atoms. The molecule has 0 aliphatic heterocycles. The Balaban J connectivity index is 1.99. The molecular weight excluding hydrogens is 342 g/mol. The summed E-state index contributed by atoms with van der Waals surface area (Å²) in [5.74, 6) is -0.124. The zero-order valence-electron chi connectivity index (χ0n) is 13.6. The maximum atomic E-state index is 13.0. The smallest absolute Gasteiger partial charge is 0.261 e. The van der Waals surface area contributed by atoms with Gasteiger partial charge in [0.25, 0.3) is 5.91 Å². The lowest BCUT2D eigenvalue weighted by Gasteiger charge is -2.22. The second-order valence-corrected chi connectivity index (χ2v) is 7.12. The molecule has 3 aromatic rings. The summed E-state index contributed by atoms with van der Waals surface area (Å²) >= 11 is 7.74. The molecule has 0 atom stereocenters. The minimum atomic E-state index is -0.124. The number of nitrogens with zero attached hydrogens (tertiary/aromatic N) is 3. The van der Waals surface area contributed by atoms with Gasteiger partial charge in [-0.2, -0.15) is 0 Å². The van der Waals surface area contributed by atoms with Crippen molar-refractivity contribution in [1.82, 2.24) is 9.88 Å². The highest BCUT2D eigenvalue weighted by atomic mass is 35.5. The van der Waals surface area contributed by atoms with Gasteiger partial charge in [-0.1, -0.05) is 47.2 Å². The first kappa shape index (κ1) is 16.9. The number of rotatable bonds is 5. The molecule has 0 bridgehead atoms. The van der Waals surface area contributed by atoms with E-state index in [0.717, 1.165) is 16.8 Å². The average molecular weight is 360 g/mol. The molecule has 3 rings (SSSR count). The van der Waals surface area contributed by atoms with E-state index in [-0.39, 0.29) is 5.91 Å². The van der Waals surface area contributed by atoms with Crippen LogP contribution in [0.15, 0.2) is 48.5 Å². The van der Waals surface area contributed by atoms with E-state index in [4.69, 9.17) is 11.6 Å². The molecule has 2 aromatic carbocycles. The Morgan fingerprint density at radius 2 is 1.79 bits per heavy atom. The molecular formula is C18H18ClN3OS. The summed E-state index contributed by atoms with van der Waals surface area (Å²) in [6, 6.07) is 15.0. The number of aromatic nitrogens is 1. The van der Waals surface area contributed by atoms with Gasteiger partial charge in [0.2, 0.25) is 0 Å². The van der Waals surface area contributed by atoms with E-state index in [2.05, 4.69) is 4.98 Å². The Morgan fingerprint density at radius 3 is 2.50 bits per heavy atom. The van der Waals surface area contributed by atoms with Crippen LogP contribution in [0.1, 0.15) is 10.4 Å². The molecule has 1 aromatic heterocycles. The third kappa shape index (κ3) is 3.59. The van der Waals surface area contributed by atoms with Gasteiger partial charge in [-0.3, -0.25) is 9.69 Å². The van der Waals surface area contributed by atoms with Crippen LogP contribution < -0.4 is 4.90 Å². The Hall–Kier alpha value is -1.95. The van der Waals surface area contributed by atoms with Gasteiger partial charge in [0, 0.05) is 13.1 Å². The summed E-state index contributed by atoms with van der Waals surface area (Å²) in [4.78, 5) is 21.4. The highest BCUT2D eigenvalue weighted by Crippen LogP contribution is 2.30. The minimum Gasteiger partial charge on any atom is -0.308 e. The van der Waals surface area contributed by atoms with E-state index >= 15 is 0 Å². The highest BCUT2D eigenvalue weighted by Gasteiger charge is 2.22. The number of hydrogen-bond donors (Lipinski definition) is 0. The van der Waals surface area contributed by atoms with Crippen LogP contribution in [0.2, 0.25) is 5.02 Å². The maximum Gasteiger partial charge on any atom is 0.261 e. The summed E-state index contributed by atoms with van der Waals surface area (Å²) in [6.45, 7) is 1.29. The Labute approximate surface area is 150 Å². The van der Waals surface area contributed by atoms with E-state index in [9.17, 15) is 4.79 Å². The lowest BCUT2D eigenvalue weighted by molar-refractivity contribution is 0.0985. The molecule has 0 aliphatic carbocycles. The lowest BCUT2D eigenvalue weighted by Crippen LogP contribution is -2.36. The van der Waals surface area contributed by atoms with Gasteiger partial charge in [0.1, 0.15) is 0 Å². The number of para-hydroxylation sites is 1. The molecule has 0 saturated carbocycles. The van der Waals surface area contributed by atoms with Gasteiger partial charge in [0.15, 0.2) is 5.13 Å². The maximum absolute atomic E-state index is 13.0. The van der Waals surface area contributed by atoms with Crippen LogP contribution in [0.4, 0.5) is 5.13 Å². The van der Waals surface area contributed by atoms with E-state index in [0.29, 0.717) is 22.3 Å². The van der Waals surface area contributed by atoms with Crippen LogP contribution in [0.3, 0.4) is 0 Å². The summed E-state index contributed by atoms with van der Waals surface area (Å²) < 4.78 is 1.06. The number of anilines is 1. The summed E-state index contributed by atoms with van der Waals surface area (Å²) in [5, 5.41) is 1.15. The molecule has 6 heteroatoms. The summed E-state index contributed by atoms with van der Waals surface area (Å²) in [7, 11) is 3.97. The van der Waals surface area contributed by atoms with Gasteiger partial charge in [-0.15, -0.1) is 0 Å². The number of thiazole rings is 1. The molecule has 0 saturated heterocycles. The zero-order chi connectivity index (χ0) is 17.1. The molecule has 0 spiro atoms. The normalized spacial score (nSPS) is 11.2. The third-order valence-electron chi connectivity index (χ3n) is 3.63. The molecule has 0 fully saturated rings. The number of amides is 1. The molecule has 124 valence electrons. The van der Waals surface area contributed by atoms with Crippen molar-refractivity contribution in [3.8, 4) is 0 Å². The van der Waals surface area contributed by atoms with Crippen molar-refractivity contribution < 1.29 is 4.79 Å². The molecule has 0 radical (unpaired) electrons. The van der Waals surface area contributed by atoms with Crippen LogP contribution in [-0.2, 0) is 0 Å². The first-order valence-electron chi connectivity index (χ1n) is 7.63. The van der Waals surface area contributed by atoms with Crippen LogP contribution in [-0.4, -0.2) is 43.0 Å². The van der Waals surface area contributed by atoms with Crippen molar-refractivity contribution in [3.63, 3.8) is 0 Å². The van der Waals surface area contributed by atoms with Crippen LogP contribution in [0.5, 0.6) is 0 Å². The topological polar surface area (TPSA) is 36.4 Å². The molecule has 0 unspecified atom stereocenters. The number of carbonyl (C=O) groups is 1. The minimum absolute atomic E-state index is 0.124. The number of benzene rings is 2. The second-order valence-electron chi connectivity index (χ2n) is 5.70. The van der Waals surface area contributed by atoms with Crippen molar-refractivity contribution in [3.05, 3.63) is 59.1 Å². The molecule has 1 amide bonds. The number of fused-ring (bicyclic) bond motifs is 1. The zero-order valence-corrected chi connectivity index (χ0v) is 15.1. The first-order chi connectivity index (χ1) is 11.6. The predicted molar refractivity (Wildman–Crippen MR) is 101 cm³/mol. The third-order valence-corrected chi connectivity index (χ3v) is 5.02. The lowest BCUT2D eigenvalue weighted by atomic mass is 10.2. The number of halogens is 1. The van der Waals surface area contributed by atoms with E-state index in [1.165, 1.54) is 11.3 Å². The van der Waals surface area contributed by atoms with Crippen LogP contribution in [0.25, 0.3) is 10.2 Å². The first-order valence-corrected chi connectivity index (χ1v) is 8.82. The summed E-state index contributed by atoms with van der Waals surface area (Å²) in [5.41, 5.74) is 1.40. The Bertz CT molecular complexity index is 829. The standard InChI is InChI=1S/C18H18ClN3OS/c1-21(2)11-12-22(17(23)13-7-3-4-8-14(13)19)18-20-15-9-5-6-10-16(15)24-18/h3-10H,11-12H2,1-2H3. The van der Waals surface area contributed by atoms with Crippen molar-refractivity contribution in [2.45, 2.75) is 0 Å². The molecule has 0 aliphatic rings. The number of likely N-dealkylation sites (N-methyl/N-ethyl adjacent to an activating group) is 1. The fraction of sp³-hybridized carbons (Fsp3) is 0.222. The van der Waals surface area contributed by atoms with Crippen LogP contribution in [0, 0.1) is 0 Å². The quantitative estimate of drug-likeness (QED) is 0.686. The molecule has 1 heterocycles. The molecule has 0 N–H and O–H groups in total. The van der Waals surface area contributed by atoms with E-state index < -0.39 is 0 Å². The van der Waals surface area contributed by atoms with Crippen molar-refractivity contribution in [2.24, 2.45) is 0 Å². The Morgan fingerprint density at radius 1 is 1.08 bits per heavy atom. The number of carbonyl (C=O) groups excluding carboxylic acids is 1. The van der Waals surface area contributed by atoms with E-state index in [1.807, 2.05) is 55.4 Å². The van der Waals surface area contributed by atoms with Crippen molar-refractivity contribution >= 4 is 44.2 Å². The highest BCUT2D eigenvalue weighted by molar-refractivity contribution is 7.22. The average Bonchev–Trinajstić information content (AvgIpc) is 2.98. The van der Waals surface area contributed by atoms with Crippen molar-refractivity contribution in [2.75, 3.05) is 32.1 Å². The van der Waals surface area contributed by atoms with Crippen LogP contribution >= 0.6 is 22.9 Å². The van der Waals surface area contributed by atoms with E-state index in [1.54, 1.807) is 17.0 Å². The largest absolute Gasteiger partial charge is 0.308 e. The fourth-order valence-electron chi connectivity index (χ4n) is 2.34. The van der Waals surface area contributed by atoms with Crippen molar-refractivity contribution in [1.29, 1.82) is 0 Å². The SMILES string of the molecule is CN(C)CCN(C(=O)c1ccccc1Cl)c1nc2ccccc2s1. The predicted octanol–water partition coefficient (Wildman–Crippen LogP) is 4.16. The van der Waals surface area contributed by atoms with Gasteiger partial charge in [-0.25, -0.2) is 4.98 Å². The monoisotopic (exact) mass is 359 g/mol. The molecule has 4 nitrogen and oxygen atoms in total. The fourth-order valence-corrected chi connectivity index (χ4v) is 3.55. The van der Waals surface area contributed by atoms with Gasteiger partial charge in [-0.05, 0) is 38.4 Å². The second kappa shape index (κ2) is 7.30. The van der Waals surface area contributed by atoms with Gasteiger partial charge >= 0.3 is 0 Å². The van der Waals surface area contributed by atoms with Gasteiger partial charge in [0.05, 0.1) is 20.8 Å². The number of hydrogen-bond acceptors (Lipinski definition) is 4. The van der Waals surface area contributed by atoms with Gasteiger partial charge < -0.3 is 4.90 Å². The Kier molecular flexibility index (Phi) is 5.14. The summed E-state index contributed by atoms with van der Waals surface area (Å²) in [6.07, 6.45) is 0.